The Hall–Kier alpha value is -1.98. The van der Waals surface area contributed by atoms with Crippen molar-refractivity contribution in [3.05, 3.63) is 48.6 Å². The number of aliphatic carboxylic acids is 1. The molecule has 0 heterocycles. The fourth-order valence-electron chi connectivity index (χ4n) is 3.10. The van der Waals surface area contributed by atoms with Crippen LogP contribution in [0.25, 0.3) is 0 Å². The Morgan fingerprint density at radius 1 is 1.19 bits per heavy atom. The zero-order valence-corrected chi connectivity index (χ0v) is 16.0. The van der Waals surface area contributed by atoms with E-state index in [9.17, 15) is 19.8 Å². The molecule has 0 aromatic rings. The Kier molecular flexibility index (Phi) is 11.3. The maximum Gasteiger partial charge on any atom is 0.303 e. The van der Waals surface area contributed by atoms with Crippen molar-refractivity contribution in [2.75, 3.05) is 0 Å². The molecule has 0 aromatic carbocycles. The van der Waals surface area contributed by atoms with Crippen LogP contribution in [0.2, 0.25) is 0 Å². The van der Waals surface area contributed by atoms with Gasteiger partial charge in [-0.3, -0.25) is 9.59 Å². The van der Waals surface area contributed by atoms with Gasteiger partial charge >= 0.3 is 5.97 Å². The highest BCUT2D eigenvalue weighted by Gasteiger charge is 2.39. The third-order valence-electron chi connectivity index (χ3n) is 4.60. The van der Waals surface area contributed by atoms with E-state index in [1.165, 1.54) is 0 Å². The SMILES string of the molecule is CC/C=C\C/C=C\C[C@@H]1[C@H](/C=C/[C@H](O)C/C=C\CCC(=O)O)C(=O)C[C@@H]1O. The van der Waals surface area contributed by atoms with Gasteiger partial charge < -0.3 is 15.3 Å². The van der Waals surface area contributed by atoms with Gasteiger partial charge in [-0.05, 0) is 32.1 Å². The van der Waals surface area contributed by atoms with Gasteiger partial charge in [0.15, 0.2) is 0 Å². The van der Waals surface area contributed by atoms with E-state index < -0.39 is 18.2 Å². The second-order valence-electron chi connectivity index (χ2n) is 6.84. The van der Waals surface area contributed by atoms with Crippen molar-refractivity contribution >= 4 is 11.8 Å². The highest BCUT2D eigenvalue weighted by Crippen LogP contribution is 2.33. The van der Waals surface area contributed by atoms with E-state index in [4.69, 9.17) is 5.11 Å². The summed E-state index contributed by atoms with van der Waals surface area (Å²) in [5.41, 5.74) is 0. The molecule has 0 aromatic heterocycles. The molecule has 5 nitrogen and oxygen atoms in total. The lowest BCUT2D eigenvalue weighted by Crippen LogP contribution is -2.19. The van der Waals surface area contributed by atoms with Crippen LogP contribution in [0.15, 0.2) is 48.6 Å². The highest BCUT2D eigenvalue weighted by molar-refractivity contribution is 5.86. The summed E-state index contributed by atoms with van der Waals surface area (Å²) < 4.78 is 0. The van der Waals surface area contributed by atoms with E-state index in [0.29, 0.717) is 19.3 Å². The molecule has 1 fully saturated rings. The van der Waals surface area contributed by atoms with Crippen LogP contribution in [0.3, 0.4) is 0 Å². The molecule has 3 N–H and O–H groups in total. The Morgan fingerprint density at radius 2 is 1.93 bits per heavy atom. The molecule has 1 aliphatic carbocycles. The summed E-state index contributed by atoms with van der Waals surface area (Å²) in [4.78, 5) is 22.6. The number of ketones is 1. The number of carboxylic acids is 1. The number of hydrogen-bond donors (Lipinski definition) is 3. The predicted octanol–water partition coefficient (Wildman–Crippen LogP) is 3.58. The zero-order valence-electron chi connectivity index (χ0n) is 16.0. The first kappa shape index (κ1) is 23.1. The second-order valence-corrected chi connectivity index (χ2v) is 6.84. The number of Topliss-reactive ketones (excluding diaryl/α,β-unsaturated/α-hetero) is 1. The fourth-order valence-corrected chi connectivity index (χ4v) is 3.10. The van der Waals surface area contributed by atoms with Crippen LogP contribution < -0.4 is 0 Å². The average molecular weight is 376 g/mol. The first-order valence-corrected chi connectivity index (χ1v) is 9.69. The molecule has 150 valence electrons. The van der Waals surface area contributed by atoms with Crippen molar-refractivity contribution in [2.45, 2.75) is 64.1 Å². The van der Waals surface area contributed by atoms with Crippen LogP contribution in [0.5, 0.6) is 0 Å². The van der Waals surface area contributed by atoms with Crippen molar-refractivity contribution in [3.63, 3.8) is 0 Å². The minimum Gasteiger partial charge on any atom is -0.481 e. The van der Waals surface area contributed by atoms with Crippen LogP contribution in [-0.4, -0.2) is 39.3 Å². The van der Waals surface area contributed by atoms with Crippen molar-refractivity contribution in [1.82, 2.24) is 0 Å². The lowest BCUT2D eigenvalue weighted by Gasteiger charge is -2.16. The lowest BCUT2D eigenvalue weighted by molar-refractivity contribution is -0.136. The summed E-state index contributed by atoms with van der Waals surface area (Å²) in [6, 6.07) is 0. The summed E-state index contributed by atoms with van der Waals surface area (Å²) in [6.07, 6.45) is 17.2. The standard InChI is InChI=1S/C22H32O5/c1-2-3-4-5-6-9-12-18-19(21(25)16-20(18)24)15-14-17(23)11-8-7-10-13-22(26)27/h3-4,6-9,14-15,17-20,23-24H,2,5,10-13,16H2,1H3,(H,26,27)/b4-3-,8-7-,9-6-,15-14+/t17-,18-,19+,20+/m1/s1. The summed E-state index contributed by atoms with van der Waals surface area (Å²) in [5, 5.41) is 28.7. The quantitative estimate of drug-likeness (QED) is 0.453. The Labute approximate surface area is 161 Å². The van der Waals surface area contributed by atoms with Gasteiger partial charge in [0.05, 0.1) is 12.2 Å². The number of hydrogen-bond acceptors (Lipinski definition) is 4. The van der Waals surface area contributed by atoms with Crippen LogP contribution in [0.4, 0.5) is 0 Å². The van der Waals surface area contributed by atoms with E-state index in [1.807, 2.05) is 12.2 Å². The molecule has 0 bridgehead atoms. The Morgan fingerprint density at radius 3 is 2.63 bits per heavy atom. The second kappa shape index (κ2) is 13.2. The zero-order chi connectivity index (χ0) is 20.1. The normalized spacial score (nSPS) is 24.9. The van der Waals surface area contributed by atoms with E-state index in [1.54, 1.807) is 24.3 Å². The predicted molar refractivity (Wildman–Crippen MR) is 106 cm³/mol. The third kappa shape index (κ3) is 9.50. The topological polar surface area (TPSA) is 94.8 Å². The Balaban J connectivity index is 2.50. The molecule has 0 saturated heterocycles. The molecule has 0 spiro atoms. The monoisotopic (exact) mass is 376 g/mol. The smallest absolute Gasteiger partial charge is 0.303 e. The molecule has 0 radical (unpaired) electrons. The number of rotatable bonds is 12. The molecule has 1 rings (SSSR count). The van der Waals surface area contributed by atoms with Crippen LogP contribution in [-0.2, 0) is 9.59 Å². The number of carbonyl (C=O) groups excluding carboxylic acids is 1. The minimum absolute atomic E-state index is 0.00669. The van der Waals surface area contributed by atoms with Crippen molar-refractivity contribution < 1.29 is 24.9 Å². The minimum atomic E-state index is -0.847. The largest absolute Gasteiger partial charge is 0.481 e. The Bertz CT molecular complexity index is 573. The summed E-state index contributed by atoms with van der Waals surface area (Å²) in [5.74, 6) is -1.37. The van der Waals surface area contributed by atoms with Gasteiger partial charge in [0.1, 0.15) is 5.78 Å². The first-order valence-electron chi connectivity index (χ1n) is 9.69. The molecular weight excluding hydrogens is 344 g/mol. The third-order valence-corrected chi connectivity index (χ3v) is 4.60. The summed E-state index contributed by atoms with van der Waals surface area (Å²) in [6.45, 7) is 2.08. The maximum absolute atomic E-state index is 12.1. The number of allylic oxidation sites excluding steroid dienone is 6. The van der Waals surface area contributed by atoms with Crippen molar-refractivity contribution in [1.29, 1.82) is 0 Å². The number of carbonyl (C=O) groups is 2. The van der Waals surface area contributed by atoms with E-state index in [2.05, 4.69) is 19.1 Å². The van der Waals surface area contributed by atoms with Gasteiger partial charge in [-0.2, -0.15) is 0 Å². The molecule has 1 saturated carbocycles. The van der Waals surface area contributed by atoms with Gasteiger partial charge in [0, 0.05) is 24.7 Å². The molecule has 0 unspecified atom stereocenters. The number of carboxylic acid groups (broad SMARTS) is 1. The van der Waals surface area contributed by atoms with Crippen LogP contribution in [0.1, 0.15) is 51.9 Å². The lowest BCUT2D eigenvalue weighted by atomic mass is 9.90. The molecule has 5 heteroatoms. The van der Waals surface area contributed by atoms with E-state index >= 15 is 0 Å². The van der Waals surface area contributed by atoms with Crippen molar-refractivity contribution in [2.24, 2.45) is 11.8 Å². The molecule has 0 amide bonds. The summed E-state index contributed by atoms with van der Waals surface area (Å²) in [7, 11) is 0. The van der Waals surface area contributed by atoms with Gasteiger partial charge in [-0.1, -0.05) is 55.5 Å². The molecular formula is C22H32O5. The molecule has 4 atom stereocenters. The highest BCUT2D eigenvalue weighted by atomic mass is 16.4. The first-order chi connectivity index (χ1) is 13.0. The maximum atomic E-state index is 12.1. The molecule has 0 aliphatic heterocycles. The molecule has 27 heavy (non-hydrogen) atoms. The van der Waals surface area contributed by atoms with Crippen LogP contribution in [0, 0.1) is 11.8 Å². The van der Waals surface area contributed by atoms with Gasteiger partial charge in [0.25, 0.3) is 0 Å². The fraction of sp³-hybridized carbons (Fsp3) is 0.545. The van der Waals surface area contributed by atoms with Crippen molar-refractivity contribution in [3.8, 4) is 0 Å². The van der Waals surface area contributed by atoms with Crippen LogP contribution >= 0.6 is 0 Å². The number of aliphatic hydroxyl groups is 2. The van der Waals surface area contributed by atoms with E-state index in [-0.39, 0.29) is 30.5 Å². The summed E-state index contributed by atoms with van der Waals surface area (Å²) >= 11 is 0. The van der Waals surface area contributed by atoms with E-state index in [0.717, 1.165) is 12.8 Å². The van der Waals surface area contributed by atoms with Gasteiger partial charge in [-0.15, -0.1) is 0 Å². The number of aliphatic hydroxyl groups excluding tert-OH is 2. The van der Waals surface area contributed by atoms with Gasteiger partial charge in [-0.25, -0.2) is 0 Å². The molecule has 1 aliphatic rings. The average Bonchev–Trinajstić information content (AvgIpc) is 2.88. The van der Waals surface area contributed by atoms with Gasteiger partial charge in [0.2, 0.25) is 0 Å².